The Balaban J connectivity index is 1.64. The van der Waals surface area contributed by atoms with Crippen LogP contribution in [0, 0.1) is 23.0 Å². The molecular formula is C20H25F2NO2. The number of aliphatic hydroxyl groups is 1. The van der Waals surface area contributed by atoms with Gasteiger partial charge in [0.25, 0.3) is 0 Å². The summed E-state index contributed by atoms with van der Waals surface area (Å²) in [6.45, 7) is 5.02. The number of nitrogens with one attached hydrogen (secondary N) is 1. The summed E-state index contributed by atoms with van der Waals surface area (Å²) in [7, 11) is 0. The van der Waals surface area contributed by atoms with E-state index in [-0.39, 0.29) is 24.0 Å². The average Bonchev–Trinajstić information content (AvgIpc) is 3.01. The van der Waals surface area contributed by atoms with Crippen LogP contribution in [0.4, 0.5) is 8.78 Å². The lowest BCUT2D eigenvalue weighted by Crippen LogP contribution is -2.36. The summed E-state index contributed by atoms with van der Waals surface area (Å²) in [4.78, 5) is 0. The number of rotatable bonds is 6. The summed E-state index contributed by atoms with van der Waals surface area (Å²) in [5.74, 6) is -0.737. The molecule has 1 aliphatic carbocycles. The molecular weight excluding hydrogens is 324 g/mol. The molecule has 3 rings (SSSR count). The molecule has 1 aliphatic rings. The van der Waals surface area contributed by atoms with Gasteiger partial charge in [0.15, 0.2) is 11.6 Å². The third-order valence-electron chi connectivity index (χ3n) is 4.97. The molecule has 0 bridgehead atoms. The maximum absolute atomic E-state index is 13.4. The van der Waals surface area contributed by atoms with Crippen molar-refractivity contribution >= 4 is 0 Å². The molecule has 0 aliphatic heterocycles. The molecule has 2 atom stereocenters. The maximum Gasteiger partial charge on any atom is 0.159 e. The molecule has 0 fully saturated rings. The van der Waals surface area contributed by atoms with E-state index in [0.717, 1.165) is 24.7 Å². The van der Waals surface area contributed by atoms with Gasteiger partial charge >= 0.3 is 0 Å². The minimum atomic E-state index is -0.848. The highest BCUT2D eigenvalue weighted by Gasteiger charge is 2.34. The van der Waals surface area contributed by atoms with Gasteiger partial charge in [-0.05, 0) is 47.9 Å². The third kappa shape index (κ3) is 4.28. The van der Waals surface area contributed by atoms with Crippen LogP contribution in [0.2, 0.25) is 0 Å². The fraction of sp³-hybridized carbons (Fsp3) is 0.500. The third-order valence-corrected chi connectivity index (χ3v) is 4.97. The lowest BCUT2D eigenvalue weighted by atomic mass is 9.74. The van der Waals surface area contributed by atoms with Gasteiger partial charge in [-0.2, -0.15) is 0 Å². The Morgan fingerprint density at radius 1 is 1.28 bits per heavy atom. The van der Waals surface area contributed by atoms with E-state index in [1.165, 1.54) is 11.6 Å². The Hall–Kier alpha value is -1.72. The summed E-state index contributed by atoms with van der Waals surface area (Å²) in [5.41, 5.74) is 2.02. The molecule has 1 aromatic carbocycles. The van der Waals surface area contributed by atoms with Crippen molar-refractivity contribution in [1.29, 1.82) is 0 Å². The molecule has 2 aromatic rings. The van der Waals surface area contributed by atoms with Crippen LogP contribution in [0.25, 0.3) is 0 Å². The second-order valence-corrected chi connectivity index (χ2v) is 7.81. The Labute approximate surface area is 147 Å². The Morgan fingerprint density at radius 2 is 2.08 bits per heavy atom. The van der Waals surface area contributed by atoms with E-state index in [4.69, 9.17) is 4.42 Å². The van der Waals surface area contributed by atoms with Gasteiger partial charge in [-0.3, -0.25) is 0 Å². The van der Waals surface area contributed by atoms with Crippen molar-refractivity contribution in [2.45, 2.75) is 39.2 Å². The van der Waals surface area contributed by atoms with E-state index in [1.54, 1.807) is 12.3 Å². The van der Waals surface area contributed by atoms with Gasteiger partial charge in [0.1, 0.15) is 5.76 Å². The Kier molecular flexibility index (Phi) is 5.25. The van der Waals surface area contributed by atoms with E-state index in [1.807, 2.05) is 6.07 Å². The molecule has 1 heterocycles. The van der Waals surface area contributed by atoms with Crippen molar-refractivity contribution in [2.75, 3.05) is 13.2 Å². The highest BCUT2D eigenvalue weighted by molar-refractivity contribution is 5.26. The molecule has 0 radical (unpaired) electrons. The maximum atomic E-state index is 13.4. The van der Waals surface area contributed by atoms with Crippen molar-refractivity contribution in [3.63, 3.8) is 0 Å². The summed E-state index contributed by atoms with van der Waals surface area (Å²) >= 11 is 0. The predicted octanol–water partition coefficient (Wildman–Crippen LogP) is 4.01. The monoisotopic (exact) mass is 349 g/mol. The molecule has 136 valence electrons. The SMILES string of the molecule is CC1(C)Cc2occc2C(NCC(CO)Cc2ccc(F)c(F)c2)C1. The summed E-state index contributed by atoms with van der Waals surface area (Å²) in [6, 6.07) is 6.09. The first kappa shape index (κ1) is 18.1. The van der Waals surface area contributed by atoms with Crippen molar-refractivity contribution in [1.82, 2.24) is 5.32 Å². The molecule has 2 unspecified atom stereocenters. The largest absolute Gasteiger partial charge is 0.469 e. The highest BCUT2D eigenvalue weighted by Crippen LogP contribution is 2.41. The first-order valence-electron chi connectivity index (χ1n) is 8.72. The molecule has 0 spiro atoms. The summed E-state index contributed by atoms with van der Waals surface area (Å²) in [5, 5.41) is 13.2. The van der Waals surface area contributed by atoms with Crippen LogP contribution in [0.5, 0.6) is 0 Å². The topological polar surface area (TPSA) is 45.4 Å². The minimum Gasteiger partial charge on any atom is -0.469 e. The number of fused-ring (bicyclic) bond motifs is 1. The first-order valence-corrected chi connectivity index (χ1v) is 8.72. The molecule has 0 amide bonds. The minimum absolute atomic E-state index is 0.0135. The van der Waals surface area contributed by atoms with Gasteiger partial charge in [0, 0.05) is 31.2 Å². The van der Waals surface area contributed by atoms with Crippen LogP contribution in [0.1, 0.15) is 43.2 Å². The highest BCUT2D eigenvalue weighted by atomic mass is 19.2. The van der Waals surface area contributed by atoms with Crippen LogP contribution in [-0.4, -0.2) is 18.3 Å². The van der Waals surface area contributed by atoms with Crippen molar-refractivity contribution in [2.24, 2.45) is 11.3 Å². The van der Waals surface area contributed by atoms with E-state index < -0.39 is 11.6 Å². The molecule has 1 aromatic heterocycles. The number of hydrogen-bond acceptors (Lipinski definition) is 3. The second-order valence-electron chi connectivity index (χ2n) is 7.81. The summed E-state index contributed by atoms with van der Waals surface area (Å²) < 4.78 is 32.0. The van der Waals surface area contributed by atoms with Crippen LogP contribution in [0.15, 0.2) is 34.9 Å². The summed E-state index contributed by atoms with van der Waals surface area (Å²) in [6.07, 6.45) is 4.13. The van der Waals surface area contributed by atoms with Gasteiger partial charge in [-0.25, -0.2) is 8.78 Å². The van der Waals surface area contributed by atoms with E-state index in [0.29, 0.717) is 18.5 Å². The van der Waals surface area contributed by atoms with Crippen molar-refractivity contribution in [3.8, 4) is 0 Å². The smallest absolute Gasteiger partial charge is 0.159 e. The molecule has 25 heavy (non-hydrogen) atoms. The normalized spacial score (nSPS) is 20.3. The van der Waals surface area contributed by atoms with Crippen molar-refractivity contribution < 1.29 is 18.3 Å². The van der Waals surface area contributed by atoms with Crippen LogP contribution in [-0.2, 0) is 12.8 Å². The number of hydrogen-bond donors (Lipinski definition) is 2. The van der Waals surface area contributed by atoms with Gasteiger partial charge in [0.2, 0.25) is 0 Å². The Bertz CT molecular complexity index is 726. The van der Waals surface area contributed by atoms with Gasteiger partial charge in [-0.1, -0.05) is 19.9 Å². The standard InChI is InChI=1S/C20H25F2NO2/c1-20(2)9-18(15-5-6-25-19(15)10-20)23-11-14(12-24)7-13-3-4-16(21)17(22)8-13/h3-6,8,14,18,23-24H,7,9-12H2,1-2H3. The van der Waals surface area contributed by atoms with Gasteiger partial charge in [0.05, 0.1) is 6.26 Å². The molecule has 2 N–H and O–H groups in total. The lowest BCUT2D eigenvalue weighted by Gasteiger charge is -2.35. The van der Waals surface area contributed by atoms with Crippen LogP contribution < -0.4 is 5.32 Å². The zero-order valence-electron chi connectivity index (χ0n) is 14.7. The quantitative estimate of drug-likeness (QED) is 0.828. The van der Waals surface area contributed by atoms with Crippen LogP contribution >= 0.6 is 0 Å². The molecule has 5 heteroatoms. The number of furan rings is 1. The predicted molar refractivity (Wildman–Crippen MR) is 92.2 cm³/mol. The average molecular weight is 349 g/mol. The second kappa shape index (κ2) is 7.26. The fourth-order valence-electron chi connectivity index (χ4n) is 3.67. The fourth-order valence-corrected chi connectivity index (χ4v) is 3.67. The molecule has 3 nitrogen and oxygen atoms in total. The zero-order chi connectivity index (χ0) is 18.0. The van der Waals surface area contributed by atoms with E-state index in [2.05, 4.69) is 19.2 Å². The van der Waals surface area contributed by atoms with E-state index in [9.17, 15) is 13.9 Å². The van der Waals surface area contributed by atoms with Crippen molar-refractivity contribution in [3.05, 3.63) is 59.1 Å². The number of aliphatic hydroxyl groups excluding tert-OH is 1. The zero-order valence-corrected chi connectivity index (χ0v) is 14.7. The van der Waals surface area contributed by atoms with Gasteiger partial charge < -0.3 is 14.8 Å². The number of benzene rings is 1. The van der Waals surface area contributed by atoms with Gasteiger partial charge in [-0.15, -0.1) is 0 Å². The lowest BCUT2D eigenvalue weighted by molar-refractivity contribution is 0.198. The Morgan fingerprint density at radius 3 is 2.80 bits per heavy atom. The van der Waals surface area contributed by atoms with E-state index >= 15 is 0 Å². The number of halogens is 2. The van der Waals surface area contributed by atoms with Crippen LogP contribution in [0.3, 0.4) is 0 Å². The molecule has 0 saturated carbocycles. The molecule has 0 saturated heterocycles. The first-order chi connectivity index (χ1) is 11.9.